The van der Waals surface area contributed by atoms with Crippen molar-refractivity contribution in [3.8, 4) is 0 Å². The Kier molecular flexibility index (Phi) is 7.75. The van der Waals surface area contributed by atoms with Gasteiger partial charge in [-0.1, -0.05) is 42.5 Å². The zero-order valence-electron chi connectivity index (χ0n) is 16.8. The molecule has 2 atom stereocenters. The van der Waals surface area contributed by atoms with Gasteiger partial charge < -0.3 is 14.7 Å². The molecule has 1 amide bonds. The van der Waals surface area contributed by atoms with Gasteiger partial charge >= 0.3 is 0 Å². The maximum Gasteiger partial charge on any atom is 0.236 e. The van der Waals surface area contributed by atoms with Crippen molar-refractivity contribution in [2.45, 2.75) is 32.1 Å². The molecular weight excluding hydrogens is 371 g/mol. The van der Waals surface area contributed by atoms with E-state index in [-0.39, 0.29) is 43.6 Å². The Balaban J connectivity index is 1.67. The number of rotatable bonds is 8. The minimum atomic E-state index is -0.290. The van der Waals surface area contributed by atoms with E-state index < -0.39 is 0 Å². The Morgan fingerprint density at radius 3 is 2.62 bits per heavy atom. The lowest BCUT2D eigenvalue weighted by atomic mass is 10.1. The minimum absolute atomic E-state index is 0.0199. The largest absolute Gasteiger partial charge is 0.395 e. The van der Waals surface area contributed by atoms with E-state index in [1.54, 1.807) is 6.07 Å². The average Bonchev–Trinajstić information content (AvgIpc) is 2.89. The first kappa shape index (κ1) is 21.4. The maximum atomic E-state index is 13.4. The summed E-state index contributed by atoms with van der Waals surface area (Å²) in [5, 5.41) is 9.56. The fraction of sp³-hybridized carbons (Fsp3) is 0.435. The second-order valence-corrected chi connectivity index (χ2v) is 7.60. The lowest BCUT2D eigenvalue weighted by molar-refractivity contribution is -0.132. The summed E-state index contributed by atoms with van der Waals surface area (Å²) in [6, 6.07) is 16.3. The molecule has 2 aromatic rings. The highest BCUT2D eigenvalue weighted by molar-refractivity contribution is 5.78. The van der Waals surface area contributed by atoms with Crippen LogP contribution in [-0.4, -0.2) is 65.7 Å². The zero-order chi connectivity index (χ0) is 20.6. The monoisotopic (exact) mass is 400 g/mol. The van der Waals surface area contributed by atoms with Crippen LogP contribution in [0.25, 0.3) is 0 Å². The molecule has 1 aliphatic heterocycles. The van der Waals surface area contributed by atoms with E-state index in [4.69, 9.17) is 4.74 Å². The standard InChI is InChI=1S/C23H29FN2O3/c1-18(16-27)26-14-22(29-17-20-8-5-9-21(24)12-20)13-25(23(28)15-26)11-10-19-6-3-2-4-7-19/h2-9,12,18,22,27H,10-11,13-17H2,1H3/t18-,22-/m0/s1. The molecule has 1 aliphatic rings. The number of halogens is 1. The average molecular weight is 400 g/mol. The molecule has 1 fully saturated rings. The SMILES string of the molecule is C[C@@H](CO)N1CC(=O)N(CCc2ccccc2)C[C@H](OCc2cccc(F)c2)C1. The topological polar surface area (TPSA) is 53.0 Å². The molecule has 0 aromatic heterocycles. The Morgan fingerprint density at radius 1 is 1.14 bits per heavy atom. The summed E-state index contributed by atoms with van der Waals surface area (Å²) in [5.74, 6) is -0.250. The number of nitrogens with zero attached hydrogens (tertiary/aromatic N) is 2. The van der Waals surface area contributed by atoms with Crippen LogP contribution in [0.5, 0.6) is 0 Å². The van der Waals surface area contributed by atoms with Gasteiger partial charge in [-0.2, -0.15) is 0 Å². The molecule has 1 heterocycles. The van der Waals surface area contributed by atoms with E-state index in [1.807, 2.05) is 41.0 Å². The minimum Gasteiger partial charge on any atom is -0.395 e. The molecule has 3 rings (SSSR count). The highest BCUT2D eigenvalue weighted by atomic mass is 19.1. The van der Waals surface area contributed by atoms with E-state index in [9.17, 15) is 14.3 Å². The van der Waals surface area contributed by atoms with Crippen LogP contribution in [-0.2, 0) is 22.6 Å². The number of aliphatic hydroxyl groups is 1. The third-order valence-electron chi connectivity index (χ3n) is 5.33. The Bertz CT molecular complexity index is 787. The third-order valence-corrected chi connectivity index (χ3v) is 5.33. The fourth-order valence-corrected chi connectivity index (χ4v) is 3.53. The molecule has 1 saturated heterocycles. The number of carbonyl (C=O) groups excluding carboxylic acids is 1. The number of hydrogen-bond donors (Lipinski definition) is 1. The van der Waals surface area contributed by atoms with Gasteiger partial charge in [-0.3, -0.25) is 9.69 Å². The fourth-order valence-electron chi connectivity index (χ4n) is 3.53. The van der Waals surface area contributed by atoms with Gasteiger partial charge in [0.25, 0.3) is 0 Å². The molecule has 0 saturated carbocycles. The summed E-state index contributed by atoms with van der Waals surface area (Å²) in [6.07, 6.45) is 0.563. The van der Waals surface area contributed by atoms with Crippen molar-refractivity contribution in [3.05, 3.63) is 71.5 Å². The highest BCUT2D eigenvalue weighted by Crippen LogP contribution is 2.15. The molecule has 0 aliphatic carbocycles. The lowest BCUT2D eigenvalue weighted by Gasteiger charge is -2.27. The number of benzene rings is 2. The second-order valence-electron chi connectivity index (χ2n) is 7.60. The van der Waals surface area contributed by atoms with Crippen LogP contribution in [0, 0.1) is 5.82 Å². The first-order valence-electron chi connectivity index (χ1n) is 10.1. The van der Waals surface area contributed by atoms with E-state index >= 15 is 0 Å². The molecule has 0 radical (unpaired) electrons. The van der Waals surface area contributed by atoms with Crippen LogP contribution < -0.4 is 0 Å². The van der Waals surface area contributed by atoms with Crippen LogP contribution in [0.1, 0.15) is 18.1 Å². The van der Waals surface area contributed by atoms with Crippen molar-refractivity contribution in [1.82, 2.24) is 9.80 Å². The van der Waals surface area contributed by atoms with Crippen molar-refractivity contribution >= 4 is 5.91 Å². The summed E-state index contributed by atoms with van der Waals surface area (Å²) in [7, 11) is 0. The molecule has 0 unspecified atom stereocenters. The molecule has 5 nitrogen and oxygen atoms in total. The van der Waals surface area contributed by atoms with Gasteiger partial charge in [0.1, 0.15) is 5.82 Å². The number of ether oxygens (including phenoxy) is 1. The van der Waals surface area contributed by atoms with Crippen LogP contribution in [0.4, 0.5) is 4.39 Å². The molecule has 2 aromatic carbocycles. The summed E-state index contributed by atoms with van der Waals surface area (Å²) in [4.78, 5) is 16.6. The zero-order valence-corrected chi connectivity index (χ0v) is 16.8. The Labute approximate surface area is 171 Å². The third kappa shape index (κ3) is 6.35. The van der Waals surface area contributed by atoms with Crippen LogP contribution in [0.15, 0.2) is 54.6 Å². The first-order valence-corrected chi connectivity index (χ1v) is 10.1. The first-order chi connectivity index (χ1) is 14.0. The lowest BCUT2D eigenvalue weighted by Crippen LogP contribution is -2.42. The highest BCUT2D eigenvalue weighted by Gasteiger charge is 2.30. The van der Waals surface area contributed by atoms with Gasteiger partial charge in [-0.25, -0.2) is 4.39 Å². The molecular formula is C23H29FN2O3. The van der Waals surface area contributed by atoms with Gasteiger partial charge in [-0.15, -0.1) is 0 Å². The van der Waals surface area contributed by atoms with Crippen molar-refractivity contribution in [2.24, 2.45) is 0 Å². The van der Waals surface area contributed by atoms with Gasteiger partial charge in [0, 0.05) is 25.7 Å². The van der Waals surface area contributed by atoms with Crippen molar-refractivity contribution in [3.63, 3.8) is 0 Å². The molecule has 156 valence electrons. The molecule has 0 spiro atoms. The summed E-state index contributed by atoms with van der Waals surface area (Å²) >= 11 is 0. The molecule has 1 N–H and O–H groups in total. The Hall–Kier alpha value is -2.28. The van der Waals surface area contributed by atoms with Gasteiger partial charge in [0.05, 0.1) is 25.9 Å². The smallest absolute Gasteiger partial charge is 0.236 e. The van der Waals surface area contributed by atoms with Gasteiger partial charge in [0.15, 0.2) is 0 Å². The Morgan fingerprint density at radius 2 is 1.90 bits per heavy atom. The summed E-state index contributed by atoms with van der Waals surface area (Å²) in [5.41, 5.74) is 1.94. The number of amides is 1. The van der Waals surface area contributed by atoms with E-state index in [0.717, 1.165) is 12.0 Å². The van der Waals surface area contributed by atoms with Crippen molar-refractivity contribution in [2.75, 3.05) is 32.8 Å². The van der Waals surface area contributed by atoms with Gasteiger partial charge in [-0.05, 0) is 36.6 Å². The van der Waals surface area contributed by atoms with Crippen LogP contribution in [0.2, 0.25) is 0 Å². The van der Waals surface area contributed by atoms with Crippen molar-refractivity contribution in [1.29, 1.82) is 0 Å². The number of aliphatic hydroxyl groups excluding tert-OH is 1. The number of carbonyl (C=O) groups is 1. The summed E-state index contributed by atoms with van der Waals surface area (Å²) < 4.78 is 19.5. The van der Waals surface area contributed by atoms with Gasteiger partial charge in [0.2, 0.25) is 5.91 Å². The quantitative estimate of drug-likeness (QED) is 0.740. The summed E-state index contributed by atoms with van der Waals surface area (Å²) in [6.45, 7) is 4.07. The second kappa shape index (κ2) is 10.5. The molecule has 6 heteroatoms. The van der Waals surface area contributed by atoms with Crippen LogP contribution >= 0.6 is 0 Å². The predicted molar refractivity (Wildman–Crippen MR) is 110 cm³/mol. The molecule has 29 heavy (non-hydrogen) atoms. The van der Waals surface area contributed by atoms with E-state index in [2.05, 4.69) is 12.1 Å². The van der Waals surface area contributed by atoms with E-state index in [1.165, 1.54) is 17.7 Å². The number of hydrogen-bond acceptors (Lipinski definition) is 4. The van der Waals surface area contributed by atoms with Crippen molar-refractivity contribution < 1.29 is 19.0 Å². The molecule has 0 bridgehead atoms. The maximum absolute atomic E-state index is 13.4. The predicted octanol–water partition coefficient (Wildman–Crippen LogP) is 2.48. The van der Waals surface area contributed by atoms with E-state index in [0.29, 0.717) is 19.6 Å². The normalized spacial score (nSPS) is 19.2. The van der Waals surface area contributed by atoms with Crippen LogP contribution in [0.3, 0.4) is 0 Å².